The molecule has 0 radical (unpaired) electrons. The molecule has 7 nitrogen and oxygen atoms in total. The summed E-state index contributed by atoms with van der Waals surface area (Å²) in [6.45, 7) is 2.45. The highest BCUT2D eigenvalue weighted by Gasteiger charge is 2.23. The van der Waals surface area contributed by atoms with E-state index in [1.165, 1.54) is 5.56 Å². The van der Waals surface area contributed by atoms with Gasteiger partial charge in [0, 0.05) is 53.3 Å². The Kier molecular flexibility index (Phi) is 6.19. The van der Waals surface area contributed by atoms with Crippen LogP contribution in [0.3, 0.4) is 0 Å². The number of hydrogen-bond donors (Lipinski definition) is 1. The smallest absolute Gasteiger partial charge is 0.339 e. The van der Waals surface area contributed by atoms with E-state index in [2.05, 4.69) is 11.4 Å². The molecular formula is C27H30NO6-. The number of rotatable bonds is 6. The van der Waals surface area contributed by atoms with E-state index in [0.29, 0.717) is 37.0 Å². The van der Waals surface area contributed by atoms with E-state index in [1.54, 1.807) is 0 Å². The summed E-state index contributed by atoms with van der Waals surface area (Å²) < 4.78 is 11.7. The summed E-state index contributed by atoms with van der Waals surface area (Å²) in [5.74, 6) is -0.117. The highest BCUT2D eigenvalue weighted by atomic mass is 16.4. The molecule has 34 heavy (non-hydrogen) atoms. The van der Waals surface area contributed by atoms with E-state index in [-0.39, 0.29) is 24.2 Å². The second-order valence-electron chi connectivity index (χ2n) is 9.89. The van der Waals surface area contributed by atoms with Crippen molar-refractivity contribution in [1.82, 2.24) is 5.32 Å². The van der Waals surface area contributed by atoms with Crippen LogP contribution in [0.5, 0.6) is 0 Å². The van der Waals surface area contributed by atoms with Crippen LogP contribution in [0.25, 0.3) is 21.9 Å². The number of benzene rings is 1. The molecule has 0 bridgehead atoms. The van der Waals surface area contributed by atoms with Crippen molar-refractivity contribution in [2.75, 3.05) is 6.54 Å². The summed E-state index contributed by atoms with van der Waals surface area (Å²) >= 11 is 0. The minimum absolute atomic E-state index is 0.111. The molecule has 1 aromatic carbocycles. The van der Waals surface area contributed by atoms with Gasteiger partial charge < -0.3 is 24.1 Å². The van der Waals surface area contributed by atoms with Gasteiger partial charge in [-0.2, -0.15) is 0 Å². The number of aliphatic carboxylic acids is 1. The Labute approximate surface area is 197 Å². The third-order valence-corrected chi connectivity index (χ3v) is 7.73. The molecule has 2 heterocycles. The Bertz CT molecular complexity index is 1310. The zero-order valence-corrected chi connectivity index (χ0v) is 19.5. The fraction of sp³-hybridized carbons (Fsp3) is 0.519. The van der Waals surface area contributed by atoms with Crippen LogP contribution in [0.15, 0.2) is 25.8 Å². The lowest BCUT2D eigenvalue weighted by Crippen LogP contribution is -2.36. The Morgan fingerprint density at radius 1 is 1.03 bits per heavy atom. The van der Waals surface area contributed by atoms with Crippen LogP contribution in [0.4, 0.5) is 0 Å². The monoisotopic (exact) mass is 464 g/mol. The SMILES string of the molecule is Cc1c(CCC(=O)NCC2CCC(C(=O)[O-])CC2)c(=O)oc2cc3oc4c(c3cc12)CCCC4. The molecule has 0 unspecified atom stereocenters. The maximum Gasteiger partial charge on any atom is 0.339 e. The zero-order valence-electron chi connectivity index (χ0n) is 19.5. The van der Waals surface area contributed by atoms with Gasteiger partial charge in [-0.05, 0) is 81.8 Å². The van der Waals surface area contributed by atoms with Crippen LogP contribution in [0.1, 0.15) is 67.4 Å². The number of nitrogens with one attached hydrogen (secondary N) is 1. The topological polar surface area (TPSA) is 113 Å². The second kappa shape index (κ2) is 9.28. The molecule has 1 fully saturated rings. The first kappa shape index (κ1) is 22.7. The lowest BCUT2D eigenvalue weighted by molar-refractivity contribution is -0.312. The molecule has 2 aliphatic rings. The van der Waals surface area contributed by atoms with Crippen LogP contribution in [0, 0.1) is 18.8 Å². The van der Waals surface area contributed by atoms with Crippen molar-refractivity contribution >= 4 is 33.8 Å². The maximum absolute atomic E-state index is 12.7. The number of carboxylic acids is 1. The second-order valence-corrected chi connectivity index (χ2v) is 9.89. The third-order valence-electron chi connectivity index (χ3n) is 7.73. The molecule has 0 atom stereocenters. The van der Waals surface area contributed by atoms with Crippen LogP contribution < -0.4 is 16.0 Å². The summed E-state index contributed by atoms with van der Waals surface area (Å²) in [5.41, 5.74) is 3.53. The van der Waals surface area contributed by atoms with Crippen LogP contribution in [-0.4, -0.2) is 18.4 Å². The lowest BCUT2D eigenvalue weighted by atomic mass is 9.82. The predicted octanol–water partition coefficient (Wildman–Crippen LogP) is 3.33. The normalized spacial score (nSPS) is 20.4. The average Bonchev–Trinajstić information content (AvgIpc) is 3.19. The number of hydrogen-bond acceptors (Lipinski definition) is 6. The zero-order chi connectivity index (χ0) is 23.8. The van der Waals surface area contributed by atoms with Crippen LogP contribution >= 0.6 is 0 Å². The fourth-order valence-electron chi connectivity index (χ4n) is 5.62. The summed E-state index contributed by atoms with van der Waals surface area (Å²) in [7, 11) is 0. The van der Waals surface area contributed by atoms with E-state index >= 15 is 0 Å². The number of furan rings is 1. The predicted molar refractivity (Wildman–Crippen MR) is 125 cm³/mol. The molecule has 180 valence electrons. The summed E-state index contributed by atoms with van der Waals surface area (Å²) in [6, 6.07) is 3.90. The Balaban J connectivity index is 1.27. The molecule has 1 amide bonds. The van der Waals surface area contributed by atoms with Gasteiger partial charge in [0.05, 0.1) is 0 Å². The molecule has 1 saturated carbocycles. The van der Waals surface area contributed by atoms with Gasteiger partial charge in [-0.25, -0.2) is 4.79 Å². The van der Waals surface area contributed by atoms with Gasteiger partial charge >= 0.3 is 5.63 Å². The Morgan fingerprint density at radius 2 is 1.76 bits per heavy atom. The van der Waals surface area contributed by atoms with Gasteiger partial charge in [-0.3, -0.25) is 4.79 Å². The summed E-state index contributed by atoms with van der Waals surface area (Å²) in [5, 5.41) is 15.9. The summed E-state index contributed by atoms with van der Waals surface area (Å²) in [6.07, 6.45) is 7.52. The van der Waals surface area contributed by atoms with Crippen molar-refractivity contribution < 1.29 is 23.5 Å². The first-order valence-electron chi connectivity index (χ1n) is 12.4. The van der Waals surface area contributed by atoms with Gasteiger partial charge in [0.2, 0.25) is 5.91 Å². The minimum atomic E-state index is -0.972. The first-order valence-corrected chi connectivity index (χ1v) is 12.4. The number of fused-ring (bicyclic) bond motifs is 4. The largest absolute Gasteiger partial charge is 0.550 e. The number of carbonyl (C=O) groups excluding carboxylic acids is 2. The van der Waals surface area contributed by atoms with Crippen molar-refractivity contribution in [3.63, 3.8) is 0 Å². The van der Waals surface area contributed by atoms with Crippen LogP contribution in [-0.2, 0) is 28.9 Å². The van der Waals surface area contributed by atoms with Crippen molar-refractivity contribution in [2.24, 2.45) is 11.8 Å². The van der Waals surface area contributed by atoms with E-state index < -0.39 is 11.6 Å². The van der Waals surface area contributed by atoms with E-state index in [0.717, 1.165) is 66.2 Å². The highest BCUT2D eigenvalue weighted by Crippen LogP contribution is 2.35. The number of amides is 1. The van der Waals surface area contributed by atoms with Crippen molar-refractivity contribution in [3.8, 4) is 0 Å². The molecule has 0 spiro atoms. The van der Waals surface area contributed by atoms with Gasteiger partial charge in [-0.15, -0.1) is 0 Å². The highest BCUT2D eigenvalue weighted by molar-refractivity contribution is 5.97. The van der Waals surface area contributed by atoms with E-state index in [9.17, 15) is 19.5 Å². The fourth-order valence-corrected chi connectivity index (χ4v) is 5.62. The average molecular weight is 465 g/mol. The third kappa shape index (κ3) is 4.36. The standard InChI is InChI=1S/C27H31NO6/c1-15-18(10-11-25(29)28-14-16-6-8-17(9-7-16)26(30)31)27(32)34-23-13-24-21(12-20(15)23)19-4-2-3-5-22(19)33-24/h12-13,16-17H,2-11,14H2,1H3,(H,28,29)(H,30,31)/p-1. The number of aryl methyl sites for hydroxylation is 3. The van der Waals surface area contributed by atoms with Gasteiger partial charge in [0.1, 0.15) is 16.9 Å². The first-order chi connectivity index (χ1) is 16.4. The molecule has 0 saturated heterocycles. The van der Waals surface area contributed by atoms with E-state index in [1.807, 2.05) is 13.0 Å². The molecule has 0 aliphatic heterocycles. The molecule has 1 N–H and O–H groups in total. The minimum Gasteiger partial charge on any atom is -0.550 e. The number of carbonyl (C=O) groups is 2. The van der Waals surface area contributed by atoms with Crippen LogP contribution in [0.2, 0.25) is 0 Å². The molecule has 2 aromatic heterocycles. The van der Waals surface area contributed by atoms with Gasteiger partial charge in [0.15, 0.2) is 0 Å². The van der Waals surface area contributed by atoms with Gasteiger partial charge in [0.25, 0.3) is 0 Å². The van der Waals surface area contributed by atoms with Crippen molar-refractivity contribution in [3.05, 3.63) is 45.0 Å². The van der Waals surface area contributed by atoms with Crippen molar-refractivity contribution in [1.29, 1.82) is 0 Å². The molecule has 7 heteroatoms. The maximum atomic E-state index is 12.7. The van der Waals surface area contributed by atoms with Gasteiger partial charge in [-0.1, -0.05) is 0 Å². The van der Waals surface area contributed by atoms with Crippen molar-refractivity contribution in [2.45, 2.75) is 71.1 Å². The van der Waals surface area contributed by atoms with E-state index in [4.69, 9.17) is 8.83 Å². The summed E-state index contributed by atoms with van der Waals surface area (Å²) in [4.78, 5) is 36.1. The lowest BCUT2D eigenvalue weighted by Gasteiger charge is -2.29. The number of carboxylic acid groups (broad SMARTS) is 1. The molecule has 5 rings (SSSR count). The molecule has 3 aromatic rings. The molecule has 2 aliphatic carbocycles. The Morgan fingerprint density at radius 3 is 2.53 bits per heavy atom. The Hall–Kier alpha value is -3.09. The quantitative estimate of drug-likeness (QED) is 0.560. The molecular weight excluding hydrogens is 434 g/mol.